The predicted molar refractivity (Wildman–Crippen MR) is 144 cm³/mol. The first kappa shape index (κ1) is 28.4. The normalized spacial score (nSPS) is 20.8. The Labute approximate surface area is 225 Å². The summed E-state index contributed by atoms with van der Waals surface area (Å²) in [7, 11) is -3.81. The molecule has 0 spiro atoms. The van der Waals surface area contributed by atoms with E-state index in [1.807, 2.05) is 23.1 Å². The number of rotatable bonds is 8. The van der Waals surface area contributed by atoms with Crippen LogP contribution in [0, 0.1) is 0 Å². The Morgan fingerprint density at radius 2 is 1.92 bits per heavy atom. The molecule has 0 saturated carbocycles. The van der Waals surface area contributed by atoms with Gasteiger partial charge < -0.3 is 15.3 Å². The number of sulfonamides is 1. The quantitative estimate of drug-likeness (QED) is 0.472. The SMILES string of the molecule is CC(O)(c1ccc(N2CCN(S(=O)(=O)C3=CC=CCC3=S)C[C@@H]2CNCc2cccnc2)cc1)C(F)(F)F. The van der Waals surface area contributed by atoms with Gasteiger partial charge in [-0.2, -0.15) is 17.5 Å². The number of nitrogens with zero attached hydrogens (tertiary/aromatic N) is 3. The first-order chi connectivity index (χ1) is 17.9. The largest absolute Gasteiger partial charge is 0.421 e. The average molecular weight is 567 g/mol. The van der Waals surface area contributed by atoms with E-state index in [1.54, 1.807) is 18.5 Å². The van der Waals surface area contributed by atoms with Crippen molar-refractivity contribution in [3.63, 3.8) is 0 Å². The molecule has 2 atom stereocenters. The molecule has 204 valence electrons. The number of alkyl halides is 3. The van der Waals surface area contributed by atoms with Crippen molar-refractivity contribution in [2.24, 2.45) is 0 Å². The summed E-state index contributed by atoms with van der Waals surface area (Å²) >= 11 is 5.31. The first-order valence-corrected chi connectivity index (χ1v) is 13.9. The lowest BCUT2D eigenvalue weighted by atomic mass is 9.95. The van der Waals surface area contributed by atoms with Crippen molar-refractivity contribution < 1.29 is 26.7 Å². The van der Waals surface area contributed by atoms with Gasteiger partial charge in [-0.05, 0) is 42.3 Å². The Hall–Kier alpha value is -2.64. The number of aliphatic hydroxyl groups is 1. The van der Waals surface area contributed by atoms with Crippen molar-refractivity contribution in [1.82, 2.24) is 14.6 Å². The Kier molecular flexibility index (Phi) is 8.38. The van der Waals surface area contributed by atoms with Crippen molar-refractivity contribution >= 4 is 32.8 Å². The van der Waals surface area contributed by atoms with Crippen LogP contribution in [0.25, 0.3) is 0 Å². The van der Waals surface area contributed by atoms with E-state index in [0.29, 0.717) is 36.6 Å². The molecule has 0 amide bonds. The molecule has 0 radical (unpaired) electrons. The van der Waals surface area contributed by atoms with Gasteiger partial charge in [-0.1, -0.05) is 42.6 Å². The number of halogens is 3. The Morgan fingerprint density at radius 3 is 2.55 bits per heavy atom. The number of anilines is 1. The molecule has 1 aliphatic heterocycles. The van der Waals surface area contributed by atoms with Gasteiger partial charge >= 0.3 is 6.18 Å². The summed E-state index contributed by atoms with van der Waals surface area (Å²) in [5, 5.41) is 13.4. The van der Waals surface area contributed by atoms with Crippen LogP contribution >= 0.6 is 12.2 Å². The van der Waals surface area contributed by atoms with E-state index in [-0.39, 0.29) is 29.6 Å². The Bertz CT molecular complexity index is 1310. The summed E-state index contributed by atoms with van der Waals surface area (Å²) in [5.41, 5.74) is -1.66. The lowest BCUT2D eigenvalue weighted by Crippen LogP contribution is -2.58. The van der Waals surface area contributed by atoms with Crippen LogP contribution in [0.4, 0.5) is 18.9 Å². The molecule has 2 aliphatic rings. The summed E-state index contributed by atoms with van der Waals surface area (Å²) < 4.78 is 68.2. The second kappa shape index (κ2) is 11.2. The number of pyridine rings is 1. The monoisotopic (exact) mass is 566 g/mol. The van der Waals surface area contributed by atoms with Crippen molar-refractivity contribution in [2.75, 3.05) is 31.1 Å². The fraction of sp³-hybridized carbons (Fsp3) is 0.385. The van der Waals surface area contributed by atoms with Gasteiger partial charge in [0, 0.05) is 62.1 Å². The number of hydrogen-bond acceptors (Lipinski definition) is 7. The van der Waals surface area contributed by atoms with Gasteiger partial charge in [0.15, 0.2) is 5.60 Å². The maximum Gasteiger partial charge on any atom is 0.421 e. The fourth-order valence-corrected chi connectivity index (χ4v) is 6.55. The molecule has 7 nitrogen and oxygen atoms in total. The molecule has 1 unspecified atom stereocenters. The molecule has 2 heterocycles. The van der Waals surface area contributed by atoms with Gasteiger partial charge in [0.2, 0.25) is 10.0 Å². The number of allylic oxidation sites excluding steroid dienone is 4. The molecule has 1 aromatic carbocycles. The summed E-state index contributed by atoms with van der Waals surface area (Å²) in [6.45, 7) is 2.31. The van der Waals surface area contributed by atoms with Crippen LogP contribution in [-0.2, 0) is 22.2 Å². The molecule has 2 N–H and O–H groups in total. The third-order valence-electron chi connectivity index (χ3n) is 6.77. The molecule has 1 aliphatic carbocycles. The molecule has 1 aromatic heterocycles. The smallest absolute Gasteiger partial charge is 0.376 e. The molecule has 1 fully saturated rings. The van der Waals surface area contributed by atoms with E-state index < -0.39 is 21.8 Å². The number of benzene rings is 1. The van der Waals surface area contributed by atoms with Crippen molar-refractivity contribution in [2.45, 2.75) is 37.7 Å². The van der Waals surface area contributed by atoms with Gasteiger partial charge in [-0.15, -0.1) is 0 Å². The average Bonchev–Trinajstić information content (AvgIpc) is 2.89. The predicted octanol–water partition coefficient (Wildman–Crippen LogP) is 3.68. The number of aromatic nitrogens is 1. The van der Waals surface area contributed by atoms with Gasteiger partial charge in [0.25, 0.3) is 0 Å². The van der Waals surface area contributed by atoms with E-state index in [4.69, 9.17) is 12.2 Å². The first-order valence-electron chi connectivity index (χ1n) is 12.1. The zero-order valence-electron chi connectivity index (χ0n) is 20.7. The van der Waals surface area contributed by atoms with Crippen LogP contribution in [0.1, 0.15) is 24.5 Å². The molecule has 38 heavy (non-hydrogen) atoms. The number of hydrogen-bond donors (Lipinski definition) is 2. The van der Waals surface area contributed by atoms with Gasteiger partial charge in [-0.25, -0.2) is 8.42 Å². The number of piperazine rings is 1. The summed E-state index contributed by atoms with van der Waals surface area (Å²) in [6, 6.07) is 8.98. The van der Waals surface area contributed by atoms with Crippen LogP contribution in [0.2, 0.25) is 0 Å². The highest BCUT2D eigenvalue weighted by Crippen LogP contribution is 2.39. The second-order valence-electron chi connectivity index (χ2n) is 9.41. The maximum atomic E-state index is 13.4. The van der Waals surface area contributed by atoms with Crippen LogP contribution in [0.5, 0.6) is 0 Å². The van der Waals surface area contributed by atoms with Crippen LogP contribution in [-0.4, -0.2) is 66.1 Å². The van der Waals surface area contributed by atoms with Crippen LogP contribution < -0.4 is 10.2 Å². The van der Waals surface area contributed by atoms with Gasteiger partial charge in [0.1, 0.15) is 0 Å². The summed E-state index contributed by atoms with van der Waals surface area (Å²) in [5.74, 6) is 0. The van der Waals surface area contributed by atoms with Gasteiger partial charge in [-0.3, -0.25) is 4.98 Å². The van der Waals surface area contributed by atoms with Crippen molar-refractivity contribution in [1.29, 1.82) is 0 Å². The topological polar surface area (TPSA) is 85.8 Å². The zero-order valence-corrected chi connectivity index (χ0v) is 22.4. The number of nitrogens with one attached hydrogen (secondary N) is 1. The minimum Gasteiger partial charge on any atom is -0.376 e. The van der Waals surface area contributed by atoms with E-state index >= 15 is 0 Å². The zero-order chi connectivity index (χ0) is 27.6. The minimum absolute atomic E-state index is 0.129. The van der Waals surface area contributed by atoms with Crippen molar-refractivity contribution in [3.05, 3.63) is 83.1 Å². The molecule has 1 saturated heterocycles. The number of thiocarbonyl (C=S) groups is 1. The second-order valence-corrected chi connectivity index (χ2v) is 11.8. The third-order valence-corrected chi connectivity index (χ3v) is 9.24. The van der Waals surface area contributed by atoms with E-state index in [9.17, 15) is 26.7 Å². The highest BCUT2D eigenvalue weighted by Gasteiger charge is 2.51. The Balaban J connectivity index is 1.56. The lowest BCUT2D eigenvalue weighted by molar-refractivity contribution is -0.258. The standard InChI is InChI=1S/C26H29F3N4O3S2/c1-25(34,26(27,28)29)20-8-10-21(11-9-20)33-14-13-32(38(35,36)24-7-3-2-6-23(24)37)18-22(33)17-31-16-19-5-4-12-30-15-19/h2-5,7-12,15,22,31,34H,6,13-14,16-18H2,1H3/t22-,25?/m0/s1. The lowest BCUT2D eigenvalue weighted by Gasteiger charge is -2.42. The third kappa shape index (κ3) is 5.99. The summed E-state index contributed by atoms with van der Waals surface area (Å²) in [4.78, 5) is 6.57. The minimum atomic E-state index is -4.82. The maximum absolute atomic E-state index is 13.4. The van der Waals surface area contributed by atoms with Gasteiger partial charge in [0.05, 0.1) is 10.9 Å². The molecular weight excluding hydrogens is 537 g/mol. The fourth-order valence-electron chi connectivity index (χ4n) is 4.48. The Morgan fingerprint density at radius 1 is 1.18 bits per heavy atom. The molecule has 0 bridgehead atoms. The molecule has 2 aromatic rings. The van der Waals surface area contributed by atoms with E-state index in [2.05, 4.69) is 10.3 Å². The van der Waals surface area contributed by atoms with Crippen LogP contribution in [0.3, 0.4) is 0 Å². The molecule has 4 rings (SSSR count). The molecular formula is C26H29F3N4O3S2. The van der Waals surface area contributed by atoms with E-state index in [0.717, 1.165) is 12.5 Å². The summed E-state index contributed by atoms with van der Waals surface area (Å²) in [6.07, 6.45) is 4.00. The van der Waals surface area contributed by atoms with Crippen molar-refractivity contribution in [3.8, 4) is 0 Å². The highest BCUT2D eigenvalue weighted by atomic mass is 32.2. The molecule has 12 heteroatoms. The van der Waals surface area contributed by atoms with Crippen LogP contribution in [0.15, 0.2) is 71.9 Å². The van der Waals surface area contributed by atoms with E-state index in [1.165, 1.54) is 34.6 Å². The highest BCUT2D eigenvalue weighted by molar-refractivity contribution is 7.96.